The van der Waals surface area contributed by atoms with Crippen molar-refractivity contribution in [3.8, 4) is 5.75 Å². The van der Waals surface area contributed by atoms with E-state index in [1.54, 1.807) is 61.6 Å². The van der Waals surface area contributed by atoms with Crippen LogP contribution < -0.4 is 15.4 Å². The summed E-state index contributed by atoms with van der Waals surface area (Å²) in [4.78, 5) is 25.5. The van der Waals surface area contributed by atoms with Crippen molar-refractivity contribution in [2.45, 2.75) is 20.2 Å². The number of benzene rings is 1. The molecular formula is C22H23ClN8O3. The molecule has 2 amide bonds. The van der Waals surface area contributed by atoms with Gasteiger partial charge in [-0.15, -0.1) is 0 Å². The predicted molar refractivity (Wildman–Crippen MR) is 125 cm³/mol. The van der Waals surface area contributed by atoms with Crippen LogP contribution in [0.3, 0.4) is 0 Å². The monoisotopic (exact) mass is 482 g/mol. The van der Waals surface area contributed by atoms with Crippen molar-refractivity contribution >= 4 is 29.1 Å². The average Bonchev–Trinajstić information content (AvgIpc) is 3.52. The Balaban J connectivity index is 1.38. The molecule has 0 fully saturated rings. The van der Waals surface area contributed by atoms with Crippen LogP contribution in [0, 0.1) is 6.92 Å². The van der Waals surface area contributed by atoms with E-state index in [-0.39, 0.29) is 29.7 Å². The first kappa shape index (κ1) is 23.1. The molecule has 3 heterocycles. The lowest BCUT2D eigenvalue weighted by Crippen LogP contribution is -2.26. The van der Waals surface area contributed by atoms with Crippen LogP contribution in [0.4, 0.5) is 5.69 Å². The van der Waals surface area contributed by atoms with E-state index < -0.39 is 5.91 Å². The van der Waals surface area contributed by atoms with Crippen LogP contribution in [-0.2, 0) is 27.4 Å². The molecule has 11 nitrogen and oxygen atoms in total. The minimum atomic E-state index is -0.476. The Morgan fingerprint density at radius 1 is 1.12 bits per heavy atom. The number of nitrogens with zero attached hydrogens (tertiary/aromatic N) is 6. The molecular weight excluding hydrogens is 460 g/mol. The first-order valence-corrected chi connectivity index (χ1v) is 10.7. The summed E-state index contributed by atoms with van der Waals surface area (Å²) < 4.78 is 10.3. The quantitative estimate of drug-likeness (QED) is 0.398. The van der Waals surface area contributed by atoms with Gasteiger partial charge in [0.2, 0.25) is 0 Å². The molecule has 34 heavy (non-hydrogen) atoms. The third-order valence-corrected chi connectivity index (χ3v) is 5.21. The zero-order valence-corrected chi connectivity index (χ0v) is 19.6. The molecule has 0 spiro atoms. The number of nitrogens with one attached hydrogen (secondary N) is 2. The number of halogens is 1. The second-order valence-corrected chi connectivity index (χ2v) is 8.05. The SMILES string of the molecule is Cc1cc(Cl)ccc1OCn1ccc(C(=O)Nc2cnn(C)c2C(=O)NCc2cnn(C)c2)n1. The highest BCUT2D eigenvalue weighted by atomic mass is 35.5. The topological polar surface area (TPSA) is 121 Å². The summed E-state index contributed by atoms with van der Waals surface area (Å²) in [6.07, 6.45) is 6.52. The highest BCUT2D eigenvalue weighted by Gasteiger charge is 2.20. The molecule has 0 unspecified atom stereocenters. The molecule has 3 aromatic heterocycles. The number of hydrogen-bond donors (Lipinski definition) is 2. The normalized spacial score (nSPS) is 10.8. The second-order valence-electron chi connectivity index (χ2n) is 7.61. The molecule has 1 aromatic carbocycles. The van der Waals surface area contributed by atoms with Crippen LogP contribution in [0.1, 0.15) is 32.1 Å². The molecule has 4 rings (SSSR count). The maximum atomic E-state index is 12.7. The van der Waals surface area contributed by atoms with Crippen LogP contribution in [0.25, 0.3) is 0 Å². The molecule has 0 radical (unpaired) electrons. The molecule has 12 heteroatoms. The molecule has 176 valence electrons. The lowest BCUT2D eigenvalue weighted by Gasteiger charge is -2.09. The van der Waals surface area contributed by atoms with Gasteiger partial charge in [0.15, 0.2) is 12.4 Å². The minimum absolute atomic E-state index is 0.116. The molecule has 0 saturated carbocycles. The number of rotatable bonds is 8. The van der Waals surface area contributed by atoms with Gasteiger partial charge < -0.3 is 15.4 Å². The molecule has 0 aliphatic carbocycles. The van der Waals surface area contributed by atoms with Crippen LogP contribution in [0.2, 0.25) is 5.02 Å². The summed E-state index contributed by atoms with van der Waals surface area (Å²) in [6, 6.07) is 6.88. The number of carbonyl (C=O) groups excluding carboxylic acids is 2. The smallest absolute Gasteiger partial charge is 0.276 e. The van der Waals surface area contributed by atoms with E-state index in [1.165, 1.54) is 15.6 Å². The van der Waals surface area contributed by atoms with E-state index in [4.69, 9.17) is 16.3 Å². The maximum absolute atomic E-state index is 12.7. The molecule has 0 aliphatic heterocycles. The number of amides is 2. The first-order chi connectivity index (χ1) is 16.3. The van der Waals surface area contributed by atoms with Gasteiger partial charge in [-0.1, -0.05) is 11.6 Å². The number of carbonyl (C=O) groups is 2. The summed E-state index contributed by atoms with van der Waals surface area (Å²) in [6.45, 7) is 2.30. The summed E-state index contributed by atoms with van der Waals surface area (Å²) in [5, 5.41) is 18.5. The predicted octanol–water partition coefficient (Wildman–Crippen LogP) is 2.53. The van der Waals surface area contributed by atoms with Crippen molar-refractivity contribution in [2.75, 3.05) is 5.32 Å². The fraction of sp³-hybridized carbons (Fsp3) is 0.227. The molecule has 2 N–H and O–H groups in total. The summed E-state index contributed by atoms with van der Waals surface area (Å²) in [5.41, 5.74) is 2.41. The Morgan fingerprint density at radius 3 is 2.68 bits per heavy atom. The van der Waals surface area contributed by atoms with Gasteiger partial charge in [0, 0.05) is 43.6 Å². The summed E-state index contributed by atoms with van der Waals surface area (Å²) in [7, 11) is 3.42. The van der Waals surface area contributed by atoms with E-state index in [2.05, 4.69) is 25.9 Å². The van der Waals surface area contributed by atoms with Crippen LogP contribution in [0.15, 0.2) is 49.1 Å². The molecule has 0 aliphatic rings. The average molecular weight is 483 g/mol. The Hall–Kier alpha value is -4.12. The van der Waals surface area contributed by atoms with Crippen LogP contribution in [-0.4, -0.2) is 41.2 Å². The lowest BCUT2D eigenvalue weighted by molar-refractivity contribution is 0.0942. The van der Waals surface area contributed by atoms with Gasteiger partial charge in [-0.25, -0.2) is 4.68 Å². The van der Waals surface area contributed by atoms with E-state index >= 15 is 0 Å². The van der Waals surface area contributed by atoms with Crippen molar-refractivity contribution in [1.82, 2.24) is 34.7 Å². The third-order valence-electron chi connectivity index (χ3n) is 4.98. The minimum Gasteiger partial charge on any atom is -0.471 e. The lowest BCUT2D eigenvalue weighted by atomic mass is 10.2. The molecule has 0 saturated heterocycles. The highest BCUT2D eigenvalue weighted by Crippen LogP contribution is 2.22. The van der Waals surface area contributed by atoms with Crippen molar-refractivity contribution in [2.24, 2.45) is 14.1 Å². The van der Waals surface area contributed by atoms with E-state index in [1.807, 2.05) is 6.92 Å². The Kier molecular flexibility index (Phi) is 6.64. The molecule has 0 bridgehead atoms. The second kappa shape index (κ2) is 9.79. The zero-order chi connectivity index (χ0) is 24.2. The molecule has 4 aromatic rings. The van der Waals surface area contributed by atoms with E-state index in [0.29, 0.717) is 17.3 Å². The van der Waals surface area contributed by atoms with Gasteiger partial charge in [0.1, 0.15) is 11.4 Å². The third kappa shape index (κ3) is 5.26. The van der Waals surface area contributed by atoms with Crippen molar-refractivity contribution in [3.05, 3.63) is 76.6 Å². The van der Waals surface area contributed by atoms with Gasteiger partial charge in [0.25, 0.3) is 11.8 Å². The standard InChI is InChI=1S/C22H23ClN8O3/c1-14-8-16(23)4-5-19(14)34-13-31-7-6-17(28-31)21(32)27-18-11-26-30(3)20(18)22(33)24-9-15-10-25-29(2)12-15/h4-8,10-12H,9,13H2,1-3H3,(H,24,33)(H,27,32). The fourth-order valence-corrected chi connectivity index (χ4v) is 3.51. The van der Waals surface area contributed by atoms with Crippen molar-refractivity contribution in [3.63, 3.8) is 0 Å². The summed E-state index contributed by atoms with van der Waals surface area (Å²) in [5.74, 6) is -0.185. The van der Waals surface area contributed by atoms with E-state index in [0.717, 1.165) is 11.1 Å². The Morgan fingerprint density at radius 2 is 1.94 bits per heavy atom. The number of anilines is 1. The number of aryl methyl sites for hydroxylation is 3. The maximum Gasteiger partial charge on any atom is 0.276 e. The van der Waals surface area contributed by atoms with Crippen molar-refractivity contribution < 1.29 is 14.3 Å². The van der Waals surface area contributed by atoms with Gasteiger partial charge >= 0.3 is 0 Å². The zero-order valence-electron chi connectivity index (χ0n) is 18.8. The largest absolute Gasteiger partial charge is 0.471 e. The van der Waals surface area contributed by atoms with Crippen molar-refractivity contribution in [1.29, 1.82) is 0 Å². The fourth-order valence-electron chi connectivity index (χ4n) is 3.28. The van der Waals surface area contributed by atoms with Gasteiger partial charge in [-0.3, -0.25) is 19.0 Å². The van der Waals surface area contributed by atoms with Gasteiger partial charge in [0.05, 0.1) is 18.1 Å². The Labute approximate surface area is 200 Å². The Bertz CT molecular complexity index is 1340. The van der Waals surface area contributed by atoms with Crippen LogP contribution in [0.5, 0.6) is 5.75 Å². The number of hydrogen-bond acceptors (Lipinski definition) is 6. The van der Waals surface area contributed by atoms with Crippen LogP contribution >= 0.6 is 11.6 Å². The van der Waals surface area contributed by atoms with Gasteiger partial charge in [-0.2, -0.15) is 15.3 Å². The van der Waals surface area contributed by atoms with Gasteiger partial charge in [-0.05, 0) is 36.8 Å². The highest BCUT2D eigenvalue weighted by molar-refractivity contribution is 6.30. The van der Waals surface area contributed by atoms with E-state index in [9.17, 15) is 9.59 Å². The number of ether oxygens (including phenoxy) is 1. The molecule has 0 atom stereocenters. The number of aromatic nitrogens is 6. The first-order valence-electron chi connectivity index (χ1n) is 10.3. The summed E-state index contributed by atoms with van der Waals surface area (Å²) >= 11 is 5.97.